The van der Waals surface area contributed by atoms with E-state index in [9.17, 15) is 0 Å². The molecule has 1 N–H and O–H groups in total. The Balaban J connectivity index is 2.11. The molecule has 0 spiro atoms. The zero-order valence-electron chi connectivity index (χ0n) is 11.7. The van der Waals surface area contributed by atoms with E-state index in [1.165, 1.54) is 25.0 Å². The largest absolute Gasteiger partial charge is 0.317 e. The van der Waals surface area contributed by atoms with Crippen molar-refractivity contribution in [2.24, 2.45) is 5.92 Å². The van der Waals surface area contributed by atoms with Gasteiger partial charge in [-0.05, 0) is 52.0 Å². The van der Waals surface area contributed by atoms with Crippen LogP contribution in [0.25, 0.3) is 0 Å². The first-order valence-electron chi connectivity index (χ1n) is 7.10. The summed E-state index contributed by atoms with van der Waals surface area (Å²) in [6.07, 6.45) is 5.86. The van der Waals surface area contributed by atoms with Crippen LogP contribution in [0.5, 0.6) is 0 Å². The van der Waals surface area contributed by atoms with E-state index in [-0.39, 0.29) is 0 Å². The topological polar surface area (TPSA) is 29.9 Å². The molecular formula is C14H24ClN3. The minimum atomic E-state index is 0.692. The first-order chi connectivity index (χ1) is 8.69. The molecule has 0 saturated heterocycles. The maximum absolute atomic E-state index is 6.46. The van der Waals surface area contributed by atoms with Gasteiger partial charge in [-0.1, -0.05) is 18.5 Å². The van der Waals surface area contributed by atoms with E-state index < -0.39 is 0 Å². The monoisotopic (exact) mass is 269 g/mol. The molecule has 0 aromatic carbocycles. The minimum Gasteiger partial charge on any atom is -0.317 e. The smallest absolute Gasteiger partial charge is 0.0849 e. The van der Waals surface area contributed by atoms with Crippen LogP contribution >= 0.6 is 11.6 Å². The van der Waals surface area contributed by atoms with Crippen LogP contribution in [0.1, 0.15) is 44.5 Å². The van der Waals surface area contributed by atoms with Crippen molar-refractivity contribution < 1.29 is 0 Å². The quantitative estimate of drug-likeness (QED) is 0.890. The summed E-state index contributed by atoms with van der Waals surface area (Å²) < 4.78 is 2.09. The highest BCUT2D eigenvalue weighted by atomic mass is 35.5. The van der Waals surface area contributed by atoms with Crippen molar-refractivity contribution in [3.8, 4) is 0 Å². The second-order valence-electron chi connectivity index (χ2n) is 5.25. The molecule has 2 atom stereocenters. The van der Waals surface area contributed by atoms with Gasteiger partial charge in [0.15, 0.2) is 0 Å². The molecule has 1 heterocycles. The zero-order chi connectivity index (χ0) is 13.1. The van der Waals surface area contributed by atoms with Crippen molar-refractivity contribution in [2.45, 2.75) is 58.5 Å². The second-order valence-corrected chi connectivity index (χ2v) is 5.62. The molecule has 0 amide bonds. The Hall–Kier alpha value is -0.540. The molecule has 2 rings (SSSR count). The lowest BCUT2D eigenvalue weighted by Crippen LogP contribution is -2.21. The fourth-order valence-electron chi connectivity index (χ4n) is 3.01. The standard InChI is InChI=1S/C14H24ClN3/c1-4-12-14(15)13(18(5-2)17-12)9-10-6-7-11(8-10)16-3/h10-11,16H,4-9H2,1-3H3. The van der Waals surface area contributed by atoms with Gasteiger partial charge < -0.3 is 5.32 Å². The van der Waals surface area contributed by atoms with Crippen molar-refractivity contribution in [2.75, 3.05) is 7.05 Å². The van der Waals surface area contributed by atoms with Crippen LogP contribution in [0.15, 0.2) is 0 Å². The average Bonchev–Trinajstić information content (AvgIpc) is 2.96. The van der Waals surface area contributed by atoms with Gasteiger partial charge in [-0.15, -0.1) is 0 Å². The Morgan fingerprint density at radius 3 is 2.72 bits per heavy atom. The van der Waals surface area contributed by atoms with Gasteiger partial charge in [0.25, 0.3) is 0 Å². The third kappa shape index (κ3) is 2.72. The predicted molar refractivity (Wildman–Crippen MR) is 76.2 cm³/mol. The van der Waals surface area contributed by atoms with Crippen LogP contribution < -0.4 is 5.32 Å². The summed E-state index contributed by atoms with van der Waals surface area (Å²) >= 11 is 6.46. The van der Waals surface area contributed by atoms with Crippen molar-refractivity contribution in [1.29, 1.82) is 0 Å². The molecule has 1 aromatic rings. The molecule has 1 fully saturated rings. The second kappa shape index (κ2) is 6.07. The third-order valence-electron chi connectivity index (χ3n) is 4.13. The molecular weight excluding hydrogens is 246 g/mol. The van der Waals surface area contributed by atoms with Gasteiger partial charge >= 0.3 is 0 Å². The van der Waals surface area contributed by atoms with Gasteiger partial charge in [-0.2, -0.15) is 5.10 Å². The van der Waals surface area contributed by atoms with Gasteiger partial charge in [0.05, 0.1) is 16.4 Å². The van der Waals surface area contributed by atoms with E-state index in [1.807, 2.05) is 0 Å². The summed E-state index contributed by atoms with van der Waals surface area (Å²) in [5, 5.41) is 8.89. The van der Waals surface area contributed by atoms with E-state index in [2.05, 4.69) is 36.0 Å². The molecule has 4 heteroatoms. The van der Waals surface area contributed by atoms with Crippen molar-refractivity contribution in [3.05, 3.63) is 16.4 Å². The Bertz CT molecular complexity index is 400. The first kappa shape index (κ1) is 13.9. The summed E-state index contributed by atoms with van der Waals surface area (Å²) in [5.74, 6) is 0.756. The molecule has 1 aliphatic rings. The SMILES string of the molecule is CCc1nn(CC)c(CC2CCC(NC)C2)c1Cl. The summed E-state index contributed by atoms with van der Waals surface area (Å²) in [6.45, 7) is 5.17. The number of nitrogens with one attached hydrogen (secondary N) is 1. The highest BCUT2D eigenvalue weighted by Crippen LogP contribution is 2.32. The van der Waals surface area contributed by atoms with Crippen LogP contribution in [-0.2, 0) is 19.4 Å². The Morgan fingerprint density at radius 2 is 2.17 bits per heavy atom. The van der Waals surface area contributed by atoms with Gasteiger partial charge in [0, 0.05) is 12.6 Å². The molecule has 0 aliphatic heterocycles. The molecule has 1 aliphatic carbocycles. The van der Waals surface area contributed by atoms with Crippen molar-refractivity contribution in [1.82, 2.24) is 15.1 Å². The van der Waals surface area contributed by atoms with E-state index in [0.717, 1.165) is 36.0 Å². The highest BCUT2D eigenvalue weighted by Gasteiger charge is 2.26. The molecule has 1 aromatic heterocycles. The minimum absolute atomic E-state index is 0.692. The summed E-state index contributed by atoms with van der Waals surface area (Å²) in [7, 11) is 2.06. The zero-order valence-corrected chi connectivity index (χ0v) is 12.4. The number of aryl methyl sites for hydroxylation is 2. The fourth-order valence-corrected chi connectivity index (χ4v) is 3.35. The number of hydrogen-bond donors (Lipinski definition) is 1. The average molecular weight is 270 g/mol. The Morgan fingerprint density at radius 1 is 1.39 bits per heavy atom. The third-order valence-corrected chi connectivity index (χ3v) is 4.56. The lowest BCUT2D eigenvalue weighted by molar-refractivity contribution is 0.486. The Kier molecular flexibility index (Phi) is 4.68. The van der Waals surface area contributed by atoms with Crippen molar-refractivity contribution >= 4 is 11.6 Å². The van der Waals surface area contributed by atoms with Gasteiger partial charge in [0.2, 0.25) is 0 Å². The van der Waals surface area contributed by atoms with Crippen LogP contribution in [-0.4, -0.2) is 22.9 Å². The highest BCUT2D eigenvalue weighted by molar-refractivity contribution is 6.31. The van der Waals surface area contributed by atoms with E-state index in [4.69, 9.17) is 11.6 Å². The summed E-state index contributed by atoms with van der Waals surface area (Å²) in [5.41, 5.74) is 2.30. The Labute approximate surface area is 115 Å². The molecule has 1 saturated carbocycles. The van der Waals surface area contributed by atoms with E-state index in [0.29, 0.717) is 6.04 Å². The predicted octanol–water partition coefficient (Wildman–Crippen LogP) is 3.05. The number of halogens is 1. The number of rotatable bonds is 5. The van der Waals surface area contributed by atoms with Crippen LogP contribution in [0.2, 0.25) is 5.02 Å². The number of nitrogens with zero attached hydrogens (tertiary/aromatic N) is 2. The number of aromatic nitrogens is 2. The summed E-state index contributed by atoms with van der Waals surface area (Å²) in [6, 6.07) is 0.692. The fraction of sp³-hybridized carbons (Fsp3) is 0.786. The maximum Gasteiger partial charge on any atom is 0.0849 e. The normalized spacial score (nSPS) is 23.8. The summed E-state index contributed by atoms with van der Waals surface area (Å²) in [4.78, 5) is 0. The van der Waals surface area contributed by atoms with Gasteiger partial charge in [0.1, 0.15) is 0 Å². The van der Waals surface area contributed by atoms with Gasteiger partial charge in [-0.25, -0.2) is 0 Å². The van der Waals surface area contributed by atoms with Crippen LogP contribution in [0.4, 0.5) is 0 Å². The molecule has 18 heavy (non-hydrogen) atoms. The van der Waals surface area contributed by atoms with E-state index >= 15 is 0 Å². The maximum atomic E-state index is 6.46. The molecule has 0 bridgehead atoms. The number of hydrogen-bond acceptors (Lipinski definition) is 2. The molecule has 0 radical (unpaired) electrons. The first-order valence-corrected chi connectivity index (χ1v) is 7.48. The molecule has 102 valence electrons. The van der Waals surface area contributed by atoms with Crippen molar-refractivity contribution in [3.63, 3.8) is 0 Å². The lowest BCUT2D eigenvalue weighted by Gasteiger charge is -2.12. The lowest BCUT2D eigenvalue weighted by atomic mass is 10.0. The van der Waals surface area contributed by atoms with E-state index in [1.54, 1.807) is 0 Å². The van der Waals surface area contributed by atoms with Gasteiger partial charge in [-0.3, -0.25) is 4.68 Å². The molecule has 3 nitrogen and oxygen atoms in total. The van der Waals surface area contributed by atoms with Crippen LogP contribution in [0, 0.1) is 5.92 Å². The van der Waals surface area contributed by atoms with Crippen LogP contribution in [0.3, 0.4) is 0 Å². The molecule has 2 unspecified atom stereocenters.